The van der Waals surface area contributed by atoms with E-state index in [4.69, 9.17) is 0 Å². The molecule has 0 spiro atoms. The first kappa shape index (κ1) is 13.0. The van der Waals surface area contributed by atoms with Gasteiger partial charge in [-0.05, 0) is 55.3 Å². The zero-order valence-corrected chi connectivity index (χ0v) is 11.8. The Morgan fingerprint density at radius 1 is 1.11 bits per heavy atom. The topological polar surface area (TPSA) is 24.1 Å². The molecular formula is C15H18NOS+. The van der Waals surface area contributed by atoms with Gasteiger partial charge in [0.2, 0.25) is 6.20 Å². The molecular weight excluding hydrogens is 242 g/mol. The van der Waals surface area contributed by atoms with Crippen LogP contribution in [0.5, 0.6) is 0 Å². The Hall–Kier alpha value is -1.48. The van der Waals surface area contributed by atoms with Crippen LogP contribution in [0.15, 0.2) is 41.6 Å². The predicted octanol–water partition coefficient (Wildman–Crippen LogP) is 3.43. The molecule has 0 aliphatic heterocycles. The quantitative estimate of drug-likeness (QED) is 0.519. The summed E-state index contributed by atoms with van der Waals surface area (Å²) in [6, 6.07) is 10.1. The summed E-state index contributed by atoms with van der Waals surface area (Å²) in [6.45, 7) is 6.41. The third kappa shape index (κ3) is 2.85. The average Bonchev–Trinajstić information content (AvgIpc) is 2.30. The number of rotatable bonds is 3. The lowest BCUT2D eigenvalue weighted by Gasteiger charge is -2.09. The van der Waals surface area contributed by atoms with E-state index in [1.54, 1.807) is 18.0 Å². The first-order chi connectivity index (χ1) is 8.58. The Morgan fingerprint density at radius 2 is 1.78 bits per heavy atom. The van der Waals surface area contributed by atoms with Crippen LogP contribution >= 0.6 is 11.8 Å². The second-order valence-corrected chi connectivity index (χ2v) is 5.55. The lowest BCUT2D eigenvalue weighted by molar-refractivity contribution is -0.932. The monoisotopic (exact) mass is 260 g/mol. The van der Waals surface area contributed by atoms with E-state index in [1.165, 1.54) is 27.0 Å². The molecule has 1 aromatic heterocycles. The van der Waals surface area contributed by atoms with E-state index in [0.29, 0.717) is 0 Å². The van der Waals surface area contributed by atoms with Gasteiger partial charge >= 0.3 is 0 Å². The van der Waals surface area contributed by atoms with Gasteiger partial charge < -0.3 is 0 Å². The highest BCUT2D eigenvalue weighted by atomic mass is 32.2. The number of aryl methyl sites for hydroxylation is 3. The minimum Gasteiger partial charge on any atom is -0.284 e. The fourth-order valence-electron chi connectivity index (χ4n) is 2.12. The van der Waals surface area contributed by atoms with Crippen LogP contribution in [-0.2, 0) is 5.75 Å². The lowest BCUT2D eigenvalue weighted by atomic mass is 10.0. The summed E-state index contributed by atoms with van der Waals surface area (Å²) in [7, 11) is 0. The highest BCUT2D eigenvalue weighted by Crippen LogP contribution is 2.25. The van der Waals surface area contributed by atoms with Gasteiger partial charge in [-0.3, -0.25) is 5.21 Å². The molecule has 2 rings (SSSR count). The molecule has 0 bridgehead atoms. The maximum atomic E-state index is 9.67. The number of pyridine rings is 1. The van der Waals surface area contributed by atoms with Gasteiger partial charge in [0, 0.05) is 22.6 Å². The fraction of sp³-hybridized carbons (Fsp3) is 0.267. The lowest BCUT2D eigenvalue weighted by Crippen LogP contribution is -2.31. The third-order valence-corrected chi connectivity index (χ3v) is 4.06. The summed E-state index contributed by atoms with van der Waals surface area (Å²) < 4.78 is 1.17. The van der Waals surface area contributed by atoms with Crippen molar-refractivity contribution in [1.82, 2.24) is 0 Å². The fourth-order valence-corrected chi connectivity index (χ4v) is 3.23. The summed E-state index contributed by atoms with van der Waals surface area (Å²) >= 11 is 1.65. The van der Waals surface area contributed by atoms with E-state index in [1.807, 2.05) is 18.2 Å². The van der Waals surface area contributed by atoms with E-state index in [2.05, 4.69) is 32.9 Å². The van der Waals surface area contributed by atoms with Gasteiger partial charge in [-0.25, -0.2) is 0 Å². The second kappa shape index (κ2) is 5.44. The van der Waals surface area contributed by atoms with Crippen molar-refractivity contribution in [3.05, 3.63) is 58.8 Å². The molecule has 1 heterocycles. The van der Waals surface area contributed by atoms with Crippen molar-refractivity contribution in [3.63, 3.8) is 0 Å². The molecule has 0 atom stereocenters. The second-order valence-electron chi connectivity index (χ2n) is 4.55. The highest BCUT2D eigenvalue weighted by molar-refractivity contribution is 7.98. The van der Waals surface area contributed by atoms with E-state index >= 15 is 0 Å². The maximum Gasteiger partial charge on any atom is 0.291 e. The van der Waals surface area contributed by atoms with Gasteiger partial charge in [-0.15, -0.1) is 0 Å². The maximum absolute atomic E-state index is 9.67. The Bertz CT molecular complexity index is 543. The number of hydrogen-bond donors (Lipinski definition) is 1. The number of thioether (sulfide) groups is 1. The van der Waals surface area contributed by atoms with Crippen LogP contribution in [0.3, 0.4) is 0 Å². The summed E-state index contributed by atoms with van der Waals surface area (Å²) in [4.78, 5) is 0. The van der Waals surface area contributed by atoms with Crippen molar-refractivity contribution < 1.29 is 9.94 Å². The zero-order chi connectivity index (χ0) is 13.1. The van der Waals surface area contributed by atoms with Crippen molar-refractivity contribution in [2.45, 2.75) is 31.6 Å². The first-order valence-corrected chi connectivity index (χ1v) is 6.96. The zero-order valence-electron chi connectivity index (χ0n) is 11.0. The van der Waals surface area contributed by atoms with Crippen molar-refractivity contribution in [1.29, 1.82) is 0 Å². The van der Waals surface area contributed by atoms with Crippen LogP contribution in [-0.4, -0.2) is 5.21 Å². The first-order valence-electron chi connectivity index (χ1n) is 5.97. The molecule has 0 aliphatic carbocycles. The van der Waals surface area contributed by atoms with Crippen LogP contribution in [0, 0.1) is 20.8 Å². The number of aromatic nitrogens is 1. The van der Waals surface area contributed by atoms with E-state index < -0.39 is 0 Å². The third-order valence-electron chi connectivity index (χ3n) is 3.01. The van der Waals surface area contributed by atoms with Crippen molar-refractivity contribution in [3.8, 4) is 0 Å². The van der Waals surface area contributed by atoms with E-state index in [-0.39, 0.29) is 0 Å². The van der Waals surface area contributed by atoms with E-state index in [9.17, 15) is 5.21 Å². The smallest absolute Gasteiger partial charge is 0.284 e. The van der Waals surface area contributed by atoms with Crippen LogP contribution < -0.4 is 4.73 Å². The van der Waals surface area contributed by atoms with Gasteiger partial charge in [0.15, 0.2) is 0 Å². The van der Waals surface area contributed by atoms with Crippen molar-refractivity contribution in [2.24, 2.45) is 0 Å². The molecule has 2 nitrogen and oxygen atoms in total. The van der Waals surface area contributed by atoms with Crippen LogP contribution in [0.25, 0.3) is 0 Å². The summed E-state index contributed by atoms with van der Waals surface area (Å²) in [5.74, 6) is 0.878. The van der Waals surface area contributed by atoms with Gasteiger partial charge in [-0.2, -0.15) is 0 Å². The van der Waals surface area contributed by atoms with Gasteiger partial charge in [0.05, 0.1) is 0 Å². The molecule has 0 aliphatic rings. The van der Waals surface area contributed by atoms with Gasteiger partial charge in [0.1, 0.15) is 0 Å². The Balaban J connectivity index is 2.19. The Kier molecular flexibility index (Phi) is 3.92. The van der Waals surface area contributed by atoms with Gasteiger partial charge in [-0.1, -0.05) is 17.7 Å². The molecule has 3 heteroatoms. The largest absolute Gasteiger partial charge is 0.291 e. The van der Waals surface area contributed by atoms with Crippen molar-refractivity contribution in [2.75, 3.05) is 0 Å². The molecule has 0 amide bonds. The van der Waals surface area contributed by atoms with Crippen molar-refractivity contribution >= 4 is 11.8 Å². The normalized spacial score (nSPS) is 10.6. The number of benzene rings is 1. The SMILES string of the molecule is Cc1cc(C)c(CSc2cccc[n+]2O)c(C)c1. The summed E-state index contributed by atoms with van der Waals surface area (Å²) in [5.41, 5.74) is 5.30. The Morgan fingerprint density at radius 3 is 2.39 bits per heavy atom. The molecule has 1 N–H and O–H groups in total. The van der Waals surface area contributed by atoms with Crippen LogP contribution in [0.4, 0.5) is 0 Å². The average molecular weight is 260 g/mol. The molecule has 0 saturated heterocycles. The number of nitrogens with zero attached hydrogens (tertiary/aromatic N) is 1. The number of hydrogen-bond acceptors (Lipinski definition) is 2. The van der Waals surface area contributed by atoms with Crippen LogP contribution in [0.1, 0.15) is 22.3 Å². The molecule has 0 saturated carbocycles. The Labute approximate surface area is 112 Å². The van der Waals surface area contributed by atoms with Gasteiger partial charge in [0.25, 0.3) is 5.03 Å². The molecule has 0 fully saturated rings. The minimum absolute atomic E-state index is 0.858. The van der Waals surface area contributed by atoms with Crippen LogP contribution in [0.2, 0.25) is 0 Å². The summed E-state index contributed by atoms with van der Waals surface area (Å²) in [6.07, 6.45) is 1.65. The summed E-state index contributed by atoms with van der Waals surface area (Å²) in [5, 5.41) is 10.5. The minimum atomic E-state index is 0.858. The molecule has 0 radical (unpaired) electrons. The molecule has 2 aromatic rings. The molecule has 94 valence electrons. The molecule has 18 heavy (non-hydrogen) atoms. The predicted molar refractivity (Wildman–Crippen MR) is 74.0 cm³/mol. The standard InChI is InChI=1S/C15H18NOS/c1-11-8-12(2)14(13(3)9-11)10-18-15-6-4-5-7-16(15)17/h4-9,17H,10H2,1-3H3/q+1. The van der Waals surface area contributed by atoms with E-state index in [0.717, 1.165) is 10.8 Å². The highest BCUT2D eigenvalue weighted by Gasteiger charge is 2.11. The molecule has 1 aromatic carbocycles. The molecule has 0 unspecified atom stereocenters.